The first-order chi connectivity index (χ1) is 15.6. The largest absolute Gasteiger partial charge is 0.479 e. The number of carbonyl (C=O) groups is 4. The fraction of sp³-hybridized carbons (Fsp3) is 0.600. The van der Waals surface area contributed by atoms with Crippen molar-refractivity contribution >= 4 is 23.8 Å². The van der Waals surface area contributed by atoms with Gasteiger partial charge in [0, 0.05) is 27.2 Å². The maximum atomic E-state index is 12.5. The van der Waals surface area contributed by atoms with Crippen LogP contribution < -0.4 is 10.1 Å². The summed E-state index contributed by atoms with van der Waals surface area (Å²) in [6, 6.07) is 6.34. The highest BCUT2D eigenvalue weighted by Gasteiger charge is 2.49. The number of rotatable bonds is 15. The second kappa shape index (κ2) is 14.3. The monoisotopic (exact) mass is 463 g/mol. The molecule has 0 heterocycles. The van der Waals surface area contributed by atoms with Crippen molar-refractivity contribution < 1.29 is 33.8 Å². The zero-order valence-electron chi connectivity index (χ0n) is 20.1. The van der Waals surface area contributed by atoms with Crippen LogP contribution in [0.15, 0.2) is 24.3 Å². The van der Waals surface area contributed by atoms with Crippen LogP contribution in [0.25, 0.3) is 0 Å². The lowest BCUT2D eigenvalue weighted by atomic mass is 9.82. The minimum Gasteiger partial charge on any atom is -0.479 e. The second-order valence-corrected chi connectivity index (χ2v) is 8.38. The zero-order chi connectivity index (χ0) is 24.9. The number of unbranched alkanes of at least 4 members (excludes halogenated alkanes) is 6. The maximum absolute atomic E-state index is 12.5. The van der Waals surface area contributed by atoms with Gasteiger partial charge in [-0.3, -0.25) is 14.4 Å². The van der Waals surface area contributed by atoms with Gasteiger partial charge in [-0.05, 0) is 30.5 Å². The van der Waals surface area contributed by atoms with Gasteiger partial charge in [-0.1, -0.05) is 57.6 Å². The minimum atomic E-state index is -1.83. The number of hydrogen-bond donors (Lipinski definition) is 2. The van der Waals surface area contributed by atoms with Gasteiger partial charge in [0.1, 0.15) is 11.9 Å². The summed E-state index contributed by atoms with van der Waals surface area (Å²) < 4.78 is 10.5. The van der Waals surface area contributed by atoms with E-state index in [0.717, 1.165) is 32.1 Å². The van der Waals surface area contributed by atoms with Crippen molar-refractivity contribution in [1.82, 2.24) is 5.32 Å². The molecule has 2 atom stereocenters. The molecule has 0 bridgehead atoms. The predicted molar refractivity (Wildman–Crippen MR) is 124 cm³/mol. The SMILES string of the molecule is CCCCCCCCCC(OC(C)=O)[C@@](Cc1ccc(OC(C)=O)cc1)(NC(C)=O)C(=O)O. The van der Waals surface area contributed by atoms with Gasteiger partial charge in [-0.2, -0.15) is 0 Å². The molecule has 0 fully saturated rings. The number of esters is 2. The van der Waals surface area contributed by atoms with E-state index in [9.17, 15) is 24.3 Å². The molecule has 0 aromatic heterocycles. The van der Waals surface area contributed by atoms with Crippen LogP contribution in [0, 0.1) is 0 Å². The summed E-state index contributed by atoms with van der Waals surface area (Å²) in [6.07, 6.45) is 6.37. The molecule has 8 heteroatoms. The Balaban J connectivity index is 3.10. The molecule has 0 radical (unpaired) electrons. The van der Waals surface area contributed by atoms with Crippen LogP contribution in [-0.2, 0) is 30.3 Å². The highest BCUT2D eigenvalue weighted by molar-refractivity contribution is 5.87. The third-order valence-electron chi connectivity index (χ3n) is 5.38. The summed E-state index contributed by atoms with van der Waals surface area (Å²) in [5, 5.41) is 12.8. The molecule has 0 aliphatic rings. The number of hydrogen-bond acceptors (Lipinski definition) is 6. The Hall–Kier alpha value is -2.90. The number of aliphatic carboxylic acids is 1. The van der Waals surface area contributed by atoms with E-state index in [1.54, 1.807) is 24.3 Å². The fourth-order valence-electron chi connectivity index (χ4n) is 3.88. The first-order valence-corrected chi connectivity index (χ1v) is 11.6. The Morgan fingerprint density at radius 2 is 1.48 bits per heavy atom. The molecule has 1 amide bonds. The van der Waals surface area contributed by atoms with E-state index in [0.29, 0.717) is 24.2 Å². The van der Waals surface area contributed by atoms with Crippen molar-refractivity contribution in [2.24, 2.45) is 0 Å². The third-order valence-corrected chi connectivity index (χ3v) is 5.38. The summed E-state index contributed by atoms with van der Waals surface area (Å²) in [5.74, 6) is -2.57. The highest BCUT2D eigenvalue weighted by Crippen LogP contribution is 2.27. The molecular formula is C25H37NO7. The van der Waals surface area contributed by atoms with Gasteiger partial charge in [0.05, 0.1) is 0 Å². The van der Waals surface area contributed by atoms with Crippen molar-refractivity contribution in [3.63, 3.8) is 0 Å². The fourth-order valence-corrected chi connectivity index (χ4v) is 3.88. The second-order valence-electron chi connectivity index (χ2n) is 8.38. The Morgan fingerprint density at radius 1 is 0.909 bits per heavy atom. The van der Waals surface area contributed by atoms with Crippen molar-refractivity contribution in [3.8, 4) is 5.75 Å². The number of carbonyl (C=O) groups excluding carboxylic acids is 3. The van der Waals surface area contributed by atoms with Crippen LogP contribution in [0.1, 0.15) is 84.6 Å². The van der Waals surface area contributed by atoms with Crippen LogP contribution in [0.4, 0.5) is 0 Å². The van der Waals surface area contributed by atoms with E-state index in [1.165, 1.54) is 27.2 Å². The van der Waals surface area contributed by atoms with E-state index in [2.05, 4.69) is 12.2 Å². The minimum absolute atomic E-state index is 0.100. The topological polar surface area (TPSA) is 119 Å². The molecule has 1 rings (SSSR count). The third kappa shape index (κ3) is 10.1. The zero-order valence-corrected chi connectivity index (χ0v) is 20.1. The summed E-state index contributed by atoms with van der Waals surface area (Å²) in [4.78, 5) is 47.5. The lowest BCUT2D eigenvalue weighted by Crippen LogP contribution is -2.64. The number of carboxylic acids is 1. The number of ether oxygens (including phenoxy) is 2. The van der Waals surface area contributed by atoms with Crippen LogP contribution in [0.5, 0.6) is 5.75 Å². The highest BCUT2D eigenvalue weighted by atomic mass is 16.5. The maximum Gasteiger partial charge on any atom is 0.333 e. The van der Waals surface area contributed by atoms with Crippen molar-refractivity contribution in [2.45, 2.75) is 97.1 Å². The normalized spacial score (nSPS) is 13.5. The van der Waals surface area contributed by atoms with Crippen LogP contribution in [0.3, 0.4) is 0 Å². The van der Waals surface area contributed by atoms with E-state index in [1.807, 2.05) is 0 Å². The number of nitrogens with one attached hydrogen (secondary N) is 1. The summed E-state index contributed by atoms with van der Waals surface area (Å²) in [7, 11) is 0. The molecule has 1 unspecified atom stereocenters. The van der Waals surface area contributed by atoms with E-state index in [4.69, 9.17) is 9.47 Å². The summed E-state index contributed by atoms with van der Waals surface area (Å²) in [5.41, 5.74) is -1.25. The molecule has 0 saturated heterocycles. The molecule has 0 saturated carbocycles. The van der Waals surface area contributed by atoms with Crippen molar-refractivity contribution in [3.05, 3.63) is 29.8 Å². The molecule has 1 aromatic carbocycles. The molecule has 0 aliphatic heterocycles. The smallest absolute Gasteiger partial charge is 0.333 e. The number of carboxylic acid groups (broad SMARTS) is 1. The van der Waals surface area contributed by atoms with Crippen LogP contribution in [0.2, 0.25) is 0 Å². The first kappa shape index (κ1) is 28.1. The standard InChI is InChI=1S/C25H37NO7/c1-5-6-7-8-9-10-11-12-23(33-20(4)29)25(24(30)31,26-18(2)27)17-21-13-15-22(16-14-21)32-19(3)28/h13-16,23H,5-12,17H2,1-4H3,(H,26,27)(H,30,31)/t23?,25-/m1/s1. The molecule has 2 N–H and O–H groups in total. The van der Waals surface area contributed by atoms with Crippen molar-refractivity contribution in [1.29, 1.82) is 0 Å². The van der Waals surface area contributed by atoms with E-state index >= 15 is 0 Å². The first-order valence-electron chi connectivity index (χ1n) is 11.6. The van der Waals surface area contributed by atoms with Gasteiger partial charge in [-0.15, -0.1) is 0 Å². The quantitative estimate of drug-likeness (QED) is 0.227. The summed E-state index contributed by atoms with van der Waals surface area (Å²) >= 11 is 0. The van der Waals surface area contributed by atoms with Gasteiger partial charge < -0.3 is 19.9 Å². The van der Waals surface area contributed by atoms with Gasteiger partial charge in [-0.25, -0.2) is 4.79 Å². The molecule has 0 aliphatic carbocycles. The molecular weight excluding hydrogens is 426 g/mol. The van der Waals surface area contributed by atoms with Gasteiger partial charge in [0.15, 0.2) is 5.54 Å². The van der Waals surface area contributed by atoms with E-state index < -0.39 is 35.5 Å². The Labute approximate surface area is 196 Å². The number of benzene rings is 1. The van der Waals surface area contributed by atoms with Crippen LogP contribution in [-0.4, -0.2) is 40.6 Å². The molecule has 0 spiro atoms. The molecule has 1 aromatic rings. The Morgan fingerprint density at radius 3 is 1.97 bits per heavy atom. The molecule has 8 nitrogen and oxygen atoms in total. The van der Waals surface area contributed by atoms with Crippen molar-refractivity contribution in [2.75, 3.05) is 0 Å². The molecule has 184 valence electrons. The van der Waals surface area contributed by atoms with Crippen LogP contribution >= 0.6 is 0 Å². The Bertz CT molecular complexity index is 790. The number of amides is 1. The van der Waals surface area contributed by atoms with Gasteiger partial charge in [0.25, 0.3) is 0 Å². The Kier molecular flexibility index (Phi) is 12.2. The lowest BCUT2D eigenvalue weighted by molar-refractivity contribution is -0.164. The predicted octanol–water partition coefficient (Wildman–Crippen LogP) is 4.19. The van der Waals surface area contributed by atoms with Gasteiger partial charge in [0.2, 0.25) is 5.91 Å². The summed E-state index contributed by atoms with van der Waals surface area (Å²) in [6.45, 7) is 5.90. The average Bonchev–Trinajstić information content (AvgIpc) is 2.72. The average molecular weight is 464 g/mol. The van der Waals surface area contributed by atoms with Gasteiger partial charge >= 0.3 is 17.9 Å². The molecule has 33 heavy (non-hydrogen) atoms. The lowest BCUT2D eigenvalue weighted by Gasteiger charge is -2.37. The van der Waals surface area contributed by atoms with E-state index in [-0.39, 0.29) is 6.42 Å².